The Hall–Kier alpha value is -2.99. The molecule has 3 amide bonds. The van der Waals surface area contributed by atoms with Crippen LogP contribution in [0.4, 0.5) is 4.79 Å². The molecule has 1 fully saturated rings. The lowest BCUT2D eigenvalue weighted by molar-refractivity contribution is -0.253. The number of nitrogens with zero attached hydrogens (tertiary/aromatic N) is 1. The van der Waals surface area contributed by atoms with Crippen molar-refractivity contribution in [2.24, 2.45) is 0 Å². The van der Waals surface area contributed by atoms with Crippen molar-refractivity contribution in [2.45, 2.75) is 25.9 Å². The Bertz CT molecular complexity index is 873. The molecule has 0 atom stereocenters. The number of carbonyl (C=O) groups is 3. The standard InChI is InChI=1S/C19H15NO5/c21-17-8-9-18(22)20(17)19(23)25-24-11-13-5-3-7-15-14-6-2-1-4-12(14)10-16(13)15/h1-7H,8-11H2. The topological polar surface area (TPSA) is 72.9 Å². The summed E-state index contributed by atoms with van der Waals surface area (Å²) in [7, 11) is 0. The fourth-order valence-corrected chi connectivity index (χ4v) is 3.32. The monoisotopic (exact) mass is 337 g/mol. The van der Waals surface area contributed by atoms with E-state index < -0.39 is 17.9 Å². The van der Waals surface area contributed by atoms with Crippen molar-refractivity contribution in [2.75, 3.05) is 0 Å². The zero-order valence-corrected chi connectivity index (χ0v) is 13.4. The summed E-state index contributed by atoms with van der Waals surface area (Å²) < 4.78 is 0. The highest BCUT2D eigenvalue weighted by Crippen LogP contribution is 2.38. The summed E-state index contributed by atoms with van der Waals surface area (Å²) in [6, 6.07) is 14.1. The fraction of sp³-hybridized carbons (Fsp3) is 0.211. The van der Waals surface area contributed by atoms with Gasteiger partial charge in [-0.3, -0.25) is 14.5 Å². The summed E-state index contributed by atoms with van der Waals surface area (Å²) in [6.07, 6.45) is -0.234. The first-order valence-electron chi connectivity index (χ1n) is 8.03. The fourth-order valence-electron chi connectivity index (χ4n) is 3.32. The van der Waals surface area contributed by atoms with E-state index in [1.54, 1.807) is 0 Å². The number of imide groups is 3. The minimum atomic E-state index is -1.08. The van der Waals surface area contributed by atoms with Gasteiger partial charge in [-0.1, -0.05) is 42.5 Å². The lowest BCUT2D eigenvalue weighted by Crippen LogP contribution is -2.36. The van der Waals surface area contributed by atoms with Gasteiger partial charge < -0.3 is 0 Å². The molecular formula is C19H15NO5. The molecule has 1 aliphatic carbocycles. The van der Waals surface area contributed by atoms with Gasteiger partial charge in [0.15, 0.2) is 0 Å². The number of rotatable bonds is 3. The van der Waals surface area contributed by atoms with Gasteiger partial charge in [0.1, 0.15) is 6.61 Å². The molecule has 0 saturated carbocycles. The van der Waals surface area contributed by atoms with Gasteiger partial charge in [0.25, 0.3) is 0 Å². The normalized spacial score (nSPS) is 15.3. The number of likely N-dealkylation sites (tertiary alicyclic amines) is 1. The summed E-state index contributed by atoms with van der Waals surface area (Å²) in [6.45, 7) is 0.0547. The zero-order valence-electron chi connectivity index (χ0n) is 13.4. The second kappa shape index (κ2) is 6.14. The highest BCUT2D eigenvalue weighted by atomic mass is 17.2. The van der Waals surface area contributed by atoms with Crippen molar-refractivity contribution >= 4 is 17.9 Å². The molecule has 1 saturated heterocycles. The van der Waals surface area contributed by atoms with Crippen LogP contribution in [0.3, 0.4) is 0 Å². The van der Waals surface area contributed by atoms with E-state index in [4.69, 9.17) is 4.89 Å². The van der Waals surface area contributed by atoms with Gasteiger partial charge in [-0.15, -0.1) is 0 Å². The van der Waals surface area contributed by atoms with Crippen LogP contribution in [0.15, 0.2) is 42.5 Å². The van der Waals surface area contributed by atoms with Crippen LogP contribution in [0, 0.1) is 0 Å². The van der Waals surface area contributed by atoms with Crippen molar-refractivity contribution in [3.8, 4) is 11.1 Å². The van der Waals surface area contributed by atoms with Crippen LogP contribution in [0.25, 0.3) is 11.1 Å². The molecule has 6 nitrogen and oxygen atoms in total. The lowest BCUT2D eigenvalue weighted by Gasteiger charge is -2.12. The third-order valence-electron chi connectivity index (χ3n) is 4.53. The van der Waals surface area contributed by atoms with E-state index in [2.05, 4.69) is 23.1 Å². The van der Waals surface area contributed by atoms with Crippen molar-refractivity contribution in [3.05, 3.63) is 59.2 Å². The Morgan fingerprint density at radius 1 is 0.960 bits per heavy atom. The molecule has 0 radical (unpaired) electrons. The maximum Gasteiger partial charge on any atom is 0.454 e. The Labute approximate surface area is 143 Å². The minimum Gasteiger partial charge on any atom is -0.274 e. The number of hydrogen-bond donors (Lipinski definition) is 0. The number of hydrogen-bond acceptors (Lipinski definition) is 5. The summed E-state index contributed by atoms with van der Waals surface area (Å²) >= 11 is 0. The largest absolute Gasteiger partial charge is 0.454 e. The smallest absolute Gasteiger partial charge is 0.274 e. The molecule has 2 aliphatic rings. The first-order chi connectivity index (χ1) is 12.1. The Morgan fingerprint density at radius 3 is 2.48 bits per heavy atom. The summed E-state index contributed by atoms with van der Waals surface area (Å²) in [5.41, 5.74) is 5.63. The zero-order chi connectivity index (χ0) is 17.4. The van der Waals surface area contributed by atoms with E-state index in [9.17, 15) is 14.4 Å². The van der Waals surface area contributed by atoms with E-state index >= 15 is 0 Å². The highest BCUT2D eigenvalue weighted by molar-refractivity contribution is 6.13. The molecule has 1 aliphatic heterocycles. The molecule has 0 bridgehead atoms. The van der Waals surface area contributed by atoms with Gasteiger partial charge in [-0.25, -0.2) is 4.79 Å². The van der Waals surface area contributed by atoms with Crippen LogP contribution < -0.4 is 0 Å². The van der Waals surface area contributed by atoms with E-state index in [1.165, 1.54) is 11.1 Å². The van der Waals surface area contributed by atoms with Gasteiger partial charge in [0.2, 0.25) is 11.8 Å². The molecule has 25 heavy (non-hydrogen) atoms. The molecule has 2 aromatic rings. The molecule has 0 N–H and O–H groups in total. The van der Waals surface area contributed by atoms with Crippen LogP contribution >= 0.6 is 0 Å². The SMILES string of the molecule is O=C1CCC(=O)N1C(=O)OOCc1cccc2c1Cc1ccccc1-2. The molecule has 0 spiro atoms. The van der Waals surface area contributed by atoms with Crippen molar-refractivity contribution in [1.82, 2.24) is 4.90 Å². The van der Waals surface area contributed by atoms with Crippen LogP contribution in [-0.4, -0.2) is 22.8 Å². The van der Waals surface area contributed by atoms with E-state index in [0.29, 0.717) is 4.90 Å². The first kappa shape index (κ1) is 15.5. The average molecular weight is 337 g/mol. The molecule has 6 heteroatoms. The third kappa shape index (κ3) is 2.70. The molecule has 1 heterocycles. The second-order valence-corrected chi connectivity index (χ2v) is 6.01. The number of amides is 3. The van der Waals surface area contributed by atoms with Gasteiger partial charge >= 0.3 is 6.09 Å². The van der Waals surface area contributed by atoms with Crippen molar-refractivity contribution in [1.29, 1.82) is 0 Å². The van der Waals surface area contributed by atoms with Gasteiger partial charge in [-0.2, -0.15) is 9.79 Å². The van der Waals surface area contributed by atoms with Gasteiger partial charge in [0.05, 0.1) is 0 Å². The van der Waals surface area contributed by atoms with Crippen molar-refractivity contribution < 1.29 is 24.2 Å². The van der Waals surface area contributed by atoms with E-state index in [0.717, 1.165) is 23.1 Å². The minimum absolute atomic E-state index is 0.0262. The highest BCUT2D eigenvalue weighted by Gasteiger charge is 2.36. The quantitative estimate of drug-likeness (QED) is 0.417. The molecule has 2 aromatic carbocycles. The second-order valence-electron chi connectivity index (χ2n) is 6.01. The van der Waals surface area contributed by atoms with Gasteiger partial charge in [0, 0.05) is 12.8 Å². The van der Waals surface area contributed by atoms with Crippen LogP contribution in [0.1, 0.15) is 29.5 Å². The predicted molar refractivity (Wildman–Crippen MR) is 87.0 cm³/mol. The first-order valence-corrected chi connectivity index (χ1v) is 8.03. The lowest BCUT2D eigenvalue weighted by atomic mass is 10.0. The molecule has 4 rings (SSSR count). The number of fused-ring (bicyclic) bond motifs is 3. The van der Waals surface area contributed by atoms with Crippen LogP contribution in [0.2, 0.25) is 0 Å². The maximum absolute atomic E-state index is 11.8. The summed E-state index contributed by atoms with van der Waals surface area (Å²) in [4.78, 5) is 44.9. The molecule has 126 valence electrons. The average Bonchev–Trinajstić information content (AvgIpc) is 3.15. The summed E-state index contributed by atoms with van der Waals surface area (Å²) in [5.74, 6) is -1.12. The third-order valence-corrected chi connectivity index (χ3v) is 4.53. The maximum atomic E-state index is 11.8. The molecule has 0 aromatic heterocycles. The van der Waals surface area contributed by atoms with Crippen LogP contribution in [-0.2, 0) is 32.4 Å². The van der Waals surface area contributed by atoms with Crippen LogP contribution in [0.5, 0.6) is 0 Å². The van der Waals surface area contributed by atoms with Gasteiger partial charge in [-0.05, 0) is 34.2 Å². The summed E-state index contributed by atoms with van der Waals surface area (Å²) in [5, 5.41) is 0. The molecule has 0 unspecified atom stereocenters. The Kier molecular flexibility index (Phi) is 3.82. The predicted octanol–water partition coefficient (Wildman–Crippen LogP) is 2.98. The van der Waals surface area contributed by atoms with Crippen molar-refractivity contribution in [3.63, 3.8) is 0 Å². The Balaban J connectivity index is 1.44. The molecular weight excluding hydrogens is 322 g/mol. The van der Waals surface area contributed by atoms with E-state index in [-0.39, 0.29) is 19.4 Å². The Morgan fingerprint density at radius 2 is 1.68 bits per heavy atom. The number of carbonyl (C=O) groups excluding carboxylic acids is 3. The number of benzene rings is 2. The van der Waals surface area contributed by atoms with E-state index in [1.807, 2.05) is 24.3 Å².